The number of benzene rings is 1. The molecule has 2 rings (SSSR count). The first-order chi connectivity index (χ1) is 7.08. The van der Waals surface area contributed by atoms with Gasteiger partial charge in [-0.15, -0.1) is 0 Å². The summed E-state index contributed by atoms with van der Waals surface area (Å²) in [6.45, 7) is -0.0971. The van der Waals surface area contributed by atoms with Crippen LogP contribution in [0.5, 0.6) is 0 Å². The molecule has 0 bridgehead atoms. The molecule has 1 aromatic carbocycles. The molecule has 0 saturated carbocycles. The van der Waals surface area contributed by atoms with E-state index in [4.69, 9.17) is 28.3 Å². The summed E-state index contributed by atoms with van der Waals surface area (Å²) in [6, 6.07) is 5.11. The van der Waals surface area contributed by atoms with E-state index in [1.54, 1.807) is 29.0 Å². The SMILES string of the molecule is O=C(O)Cn1ccc2c(Cl)cc(Cl)cc21. The van der Waals surface area contributed by atoms with Gasteiger partial charge >= 0.3 is 5.97 Å². The first-order valence-corrected chi connectivity index (χ1v) is 4.99. The fourth-order valence-electron chi connectivity index (χ4n) is 1.50. The van der Waals surface area contributed by atoms with Gasteiger partial charge in [0, 0.05) is 16.6 Å². The molecule has 0 atom stereocenters. The van der Waals surface area contributed by atoms with Crippen LogP contribution in [0.15, 0.2) is 24.4 Å². The second-order valence-corrected chi connectivity index (χ2v) is 4.00. The van der Waals surface area contributed by atoms with Gasteiger partial charge in [-0.3, -0.25) is 4.79 Å². The molecule has 0 radical (unpaired) electrons. The molecular weight excluding hydrogens is 237 g/mol. The van der Waals surface area contributed by atoms with Crippen LogP contribution in [0.1, 0.15) is 0 Å². The van der Waals surface area contributed by atoms with E-state index in [2.05, 4.69) is 0 Å². The van der Waals surface area contributed by atoms with Gasteiger partial charge in [0.1, 0.15) is 6.54 Å². The second-order valence-electron chi connectivity index (χ2n) is 3.16. The van der Waals surface area contributed by atoms with Gasteiger partial charge in [0.15, 0.2) is 0 Å². The highest BCUT2D eigenvalue weighted by Crippen LogP contribution is 2.28. The number of hydrogen-bond donors (Lipinski definition) is 1. The Hall–Kier alpha value is -1.19. The lowest BCUT2D eigenvalue weighted by atomic mass is 10.2. The molecule has 0 aliphatic heterocycles. The Balaban J connectivity index is 2.63. The van der Waals surface area contributed by atoms with E-state index in [9.17, 15) is 4.79 Å². The standard InChI is InChI=1S/C10H7Cl2NO2/c11-6-3-8(12)7-1-2-13(5-10(14)15)9(7)4-6/h1-4H,5H2,(H,14,15). The molecule has 0 fully saturated rings. The van der Waals surface area contributed by atoms with Gasteiger partial charge in [0.05, 0.1) is 10.5 Å². The Morgan fingerprint density at radius 3 is 2.80 bits per heavy atom. The molecule has 5 heteroatoms. The second kappa shape index (κ2) is 3.76. The van der Waals surface area contributed by atoms with Crippen LogP contribution in [-0.2, 0) is 11.3 Å². The lowest BCUT2D eigenvalue weighted by Gasteiger charge is -2.02. The number of carboxylic acids is 1. The van der Waals surface area contributed by atoms with Crippen molar-refractivity contribution in [1.82, 2.24) is 4.57 Å². The van der Waals surface area contributed by atoms with Gasteiger partial charge < -0.3 is 9.67 Å². The van der Waals surface area contributed by atoms with Gasteiger partial charge in [0.2, 0.25) is 0 Å². The molecule has 2 aromatic rings. The number of carbonyl (C=O) groups is 1. The third-order valence-electron chi connectivity index (χ3n) is 2.11. The summed E-state index contributed by atoms with van der Waals surface area (Å²) < 4.78 is 1.59. The largest absolute Gasteiger partial charge is 0.480 e. The van der Waals surface area contributed by atoms with Crippen LogP contribution in [0.3, 0.4) is 0 Å². The summed E-state index contributed by atoms with van der Waals surface area (Å²) in [5.41, 5.74) is 0.731. The van der Waals surface area contributed by atoms with Crippen molar-refractivity contribution in [2.45, 2.75) is 6.54 Å². The molecule has 1 heterocycles. The minimum atomic E-state index is -0.899. The number of carboxylic acid groups (broad SMARTS) is 1. The van der Waals surface area contributed by atoms with E-state index in [-0.39, 0.29) is 6.54 Å². The van der Waals surface area contributed by atoms with Gasteiger partial charge in [-0.05, 0) is 18.2 Å². The number of hydrogen-bond acceptors (Lipinski definition) is 1. The van der Waals surface area contributed by atoms with E-state index >= 15 is 0 Å². The van der Waals surface area contributed by atoms with E-state index in [0.29, 0.717) is 10.0 Å². The van der Waals surface area contributed by atoms with Crippen LogP contribution in [0.25, 0.3) is 10.9 Å². The fraction of sp³-hybridized carbons (Fsp3) is 0.100. The highest BCUT2D eigenvalue weighted by molar-refractivity contribution is 6.38. The van der Waals surface area contributed by atoms with Crippen LogP contribution < -0.4 is 0 Å². The zero-order valence-corrected chi connectivity index (χ0v) is 9.09. The van der Waals surface area contributed by atoms with E-state index in [1.807, 2.05) is 0 Å². The van der Waals surface area contributed by atoms with Crippen LogP contribution >= 0.6 is 23.2 Å². The van der Waals surface area contributed by atoms with Crippen molar-refractivity contribution in [2.75, 3.05) is 0 Å². The van der Waals surface area contributed by atoms with Gasteiger partial charge in [-0.1, -0.05) is 23.2 Å². The molecular formula is C10H7Cl2NO2. The quantitative estimate of drug-likeness (QED) is 0.882. The molecule has 0 aliphatic rings. The zero-order chi connectivity index (χ0) is 11.0. The number of aromatic nitrogens is 1. The summed E-state index contributed by atoms with van der Waals surface area (Å²) in [7, 11) is 0. The van der Waals surface area contributed by atoms with Crippen molar-refractivity contribution >= 4 is 40.1 Å². The lowest BCUT2D eigenvalue weighted by Crippen LogP contribution is -2.07. The molecule has 3 nitrogen and oxygen atoms in total. The fourth-order valence-corrected chi connectivity index (χ4v) is 2.05. The van der Waals surface area contributed by atoms with Crippen LogP contribution in [0, 0.1) is 0 Å². The molecule has 78 valence electrons. The molecule has 0 unspecified atom stereocenters. The summed E-state index contributed by atoms with van der Waals surface area (Å²) in [4.78, 5) is 10.6. The van der Waals surface area contributed by atoms with Crippen LogP contribution in [-0.4, -0.2) is 15.6 Å². The summed E-state index contributed by atoms with van der Waals surface area (Å²) >= 11 is 11.8. The van der Waals surface area contributed by atoms with Crippen molar-refractivity contribution in [3.63, 3.8) is 0 Å². The maximum atomic E-state index is 10.6. The minimum Gasteiger partial charge on any atom is -0.480 e. The number of rotatable bonds is 2. The van der Waals surface area contributed by atoms with Crippen LogP contribution in [0.2, 0.25) is 10.0 Å². The Morgan fingerprint density at radius 1 is 1.40 bits per heavy atom. The van der Waals surface area contributed by atoms with Gasteiger partial charge in [-0.2, -0.15) is 0 Å². The van der Waals surface area contributed by atoms with E-state index in [1.165, 1.54) is 0 Å². The Bertz CT molecular complexity index is 533. The number of aliphatic carboxylic acids is 1. The van der Waals surface area contributed by atoms with Gasteiger partial charge in [0.25, 0.3) is 0 Å². The maximum absolute atomic E-state index is 10.6. The average molecular weight is 244 g/mol. The Morgan fingerprint density at radius 2 is 2.13 bits per heavy atom. The lowest BCUT2D eigenvalue weighted by molar-refractivity contribution is -0.137. The average Bonchev–Trinajstić information content (AvgIpc) is 2.48. The number of nitrogens with zero attached hydrogens (tertiary/aromatic N) is 1. The highest BCUT2D eigenvalue weighted by Gasteiger charge is 2.08. The normalized spacial score (nSPS) is 10.8. The smallest absolute Gasteiger partial charge is 0.323 e. The molecule has 0 spiro atoms. The summed E-state index contributed by atoms with van der Waals surface area (Å²) in [6.07, 6.45) is 1.68. The minimum absolute atomic E-state index is 0.0971. The third kappa shape index (κ3) is 1.94. The van der Waals surface area contributed by atoms with Crippen molar-refractivity contribution < 1.29 is 9.90 Å². The van der Waals surface area contributed by atoms with Crippen molar-refractivity contribution in [3.05, 3.63) is 34.4 Å². The molecule has 0 aliphatic carbocycles. The predicted molar refractivity (Wildman–Crippen MR) is 59.6 cm³/mol. The maximum Gasteiger partial charge on any atom is 0.323 e. The summed E-state index contributed by atoms with van der Waals surface area (Å²) in [5.74, 6) is -0.899. The molecule has 15 heavy (non-hydrogen) atoms. The zero-order valence-electron chi connectivity index (χ0n) is 7.58. The monoisotopic (exact) mass is 243 g/mol. The van der Waals surface area contributed by atoms with Crippen molar-refractivity contribution in [2.24, 2.45) is 0 Å². The Labute approximate surface area is 95.8 Å². The third-order valence-corrected chi connectivity index (χ3v) is 2.64. The highest BCUT2D eigenvalue weighted by atomic mass is 35.5. The Kier molecular flexibility index (Phi) is 2.59. The van der Waals surface area contributed by atoms with E-state index in [0.717, 1.165) is 10.9 Å². The van der Waals surface area contributed by atoms with Crippen molar-refractivity contribution in [3.8, 4) is 0 Å². The molecule has 0 amide bonds. The molecule has 1 N–H and O–H groups in total. The predicted octanol–water partition coefficient (Wildman–Crippen LogP) is 3.03. The summed E-state index contributed by atoms with van der Waals surface area (Å²) in [5, 5.41) is 10.5. The first-order valence-electron chi connectivity index (χ1n) is 4.23. The van der Waals surface area contributed by atoms with E-state index < -0.39 is 5.97 Å². The van der Waals surface area contributed by atoms with Crippen molar-refractivity contribution in [1.29, 1.82) is 0 Å². The first kappa shape index (κ1) is 10.3. The van der Waals surface area contributed by atoms with Gasteiger partial charge in [-0.25, -0.2) is 0 Å². The number of halogens is 2. The van der Waals surface area contributed by atoms with Crippen LogP contribution in [0.4, 0.5) is 0 Å². The molecule has 1 aromatic heterocycles. The molecule has 0 saturated heterocycles. The number of fused-ring (bicyclic) bond motifs is 1. The topological polar surface area (TPSA) is 42.2 Å².